The maximum atomic E-state index is 13.9. The molecule has 0 unspecified atom stereocenters. The third kappa shape index (κ3) is 4.01. The third-order valence-corrected chi connectivity index (χ3v) is 6.76. The molecule has 2 fully saturated rings. The Morgan fingerprint density at radius 2 is 1.88 bits per heavy atom. The van der Waals surface area contributed by atoms with E-state index in [1.54, 1.807) is 18.6 Å². The number of ether oxygens (including phenoxy) is 1. The Kier molecular flexibility index (Phi) is 5.91. The molecule has 0 radical (unpaired) electrons. The monoisotopic (exact) mass is 448 g/mol. The summed E-state index contributed by atoms with van der Waals surface area (Å²) in [5, 5.41) is 0.738. The summed E-state index contributed by atoms with van der Waals surface area (Å²) in [6, 6.07) is 15.7. The van der Waals surface area contributed by atoms with E-state index < -0.39 is 5.60 Å². The van der Waals surface area contributed by atoms with E-state index in [4.69, 9.17) is 16.3 Å². The largest absolute Gasteiger partial charge is 0.361 e. The number of likely N-dealkylation sites (tertiary alicyclic amines) is 1. The zero-order valence-electron chi connectivity index (χ0n) is 17.7. The van der Waals surface area contributed by atoms with Crippen molar-refractivity contribution in [1.82, 2.24) is 19.8 Å². The maximum Gasteiger partial charge on any atom is 0.257 e. The van der Waals surface area contributed by atoms with Crippen LogP contribution in [-0.4, -0.2) is 57.5 Å². The minimum absolute atomic E-state index is 0.0380. The van der Waals surface area contributed by atoms with Crippen molar-refractivity contribution in [3.05, 3.63) is 95.0 Å². The van der Waals surface area contributed by atoms with E-state index in [1.165, 1.54) is 0 Å². The van der Waals surface area contributed by atoms with E-state index in [2.05, 4.69) is 14.9 Å². The molecule has 1 spiro atoms. The quantitative estimate of drug-likeness (QED) is 0.597. The van der Waals surface area contributed by atoms with Crippen molar-refractivity contribution >= 4 is 17.5 Å². The van der Waals surface area contributed by atoms with Gasteiger partial charge in [-0.2, -0.15) is 0 Å². The highest BCUT2D eigenvalue weighted by atomic mass is 35.5. The van der Waals surface area contributed by atoms with Gasteiger partial charge >= 0.3 is 0 Å². The summed E-state index contributed by atoms with van der Waals surface area (Å²) >= 11 is 6.43. The van der Waals surface area contributed by atoms with Crippen molar-refractivity contribution in [2.75, 3.05) is 26.2 Å². The number of carbonyl (C=O) groups excluding carboxylic acids is 1. The number of rotatable bonds is 5. The zero-order chi connectivity index (χ0) is 22.0. The number of carbonyl (C=O) groups is 1. The fourth-order valence-corrected chi connectivity index (χ4v) is 5.04. The second-order valence-corrected chi connectivity index (χ2v) is 8.83. The lowest BCUT2D eigenvalue weighted by Gasteiger charge is -2.42. The van der Waals surface area contributed by atoms with E-state index in [9.17, 15) is 4.79 Å². The SMILES string of the molecule is O=C1N(Cc2ccncc2)CCO[C@@]12CN(Cc1ccccc1Cl)C[C@H]2c1cccnc1. The summed E-state index contributed by atoms with van der Waals surface area (Å²) < 4.78 is 6.37. The molecule has 2 saturated heterocycles. The van der Waals surface area contributed by atoms with Gasteiger partial charge in [0.1, 0.15) is 0 Å². The lowest BCUT2D eigenvalue weighted by Crippen LogP contribution is -2.59. The second-order valence-electron chi connectivity index (χ2n) is 8.42. The molecular formula is C25H25ClN4O2. The Balaban J connectivity index is 1.45. The summed E-state index contributed by atoms with van der Waals surface area (Å²) in [6.45, 7) is 3.52. The van der Waals surface area contributed by atoms with Crippen molar-refractivity contribution < 1.29 is 9.53 Å². The van der Waals surface area contributed by atoms with Crippen molar-refractivity contribution in [2.24, 2.45) is 0 Å². The van der Waals surface area contributed by atoms with Gasteiger partial charge in [0.15, 0.2) is 5.60 Å². The average molecular weight is 449 g/mol. The van der Waals surface area contributed by atoms with Crippen LogP contribution in [0.5, 0.6) is 0 Å². The van der Waals surface area contributed by atoms with E-state index in [0.29, 0.717) is 39.3 Å². The van der Waals surface area contributed by atoms with Crippen molar-refractivity contribution in [1.29, 1.82) is 0 Å². The molecule has 0 bridgehead atoms. The lowest BCUT2D eigenvalue weighted by atomic mass is 9.83. The molecule has 7 heteroatoms. The standard InChI is InChI=1S/C25H25ClN4O2/c26-23-6-2-1-4-21(23)16-29-17-22(20-5-3-9-28-14-20)25(18-29)24(31)30(12-13-32-25)15-19-7-10-27-11-8-19/h1-11,14,22H,12-13,15-18H2/t22-,25+/m0/s1. The smallest absolute Gasteiger partial charge is 0.257 e. The zero-order valence-corrected chi connectivity index (χ0v) is 18.5. The molecule has 0 N–H and O–H groups in total. The molecule has 1 amide bonds. The molecule has 0 aliphatic carbocycles. The van der Waals surface area contributed by atoms with Crippen molar-refractivity contribution in [2.45, 2.75) is 24.6 Å². The number of halogens is 1. The van der Waals surface area contributed by atoms with Gasteiger partial charge in [-0.1, -0.05) is 35.9 Å². The first-order valence-corrected chi connectivity index (χ1v) is 11.2. The number of hydrogen-bond donors (Lipinski definition) is 0. The highest BCUT2D eigenvalue weighted by Gasteiger charge is 2.57. The van der Waals surface area contributed by atoms with Crippen LogP contribution in [0.3, 0.4) is 0 Å². The number of nitrogens with zero attached hydrogens (tertiary/aromatic N) is 4. The average Bonchev–Trinajstić information content (AvgIpc) is 3.18. The molecule has 1 aromatic carbocycles. The van der Waals surface area contributed by atoms with E-state index in [0.717, 1.165) is 21.7 Å². The topological polar surface area (TPSA) is 58.6 Å². The molecule has 5 rings (SSSR count). The number of aromatic nitrogens is 2. The Hall–Kier alpha value is -2.80. The molecule has 2 aliphatic rings. The summed E-state index contributed by atoms with van der Waals surface area (Å²) in [4.78, 5) is 26.5. The predicted molar refractivity (Wildman–Crippen MR) is 122 cm³/mol. The van der Waals surface area contributed by atoms with Crippen LogP contribution in [0.1, 0.15) is 22.6 Å². The van der Waals surface area contributed by atoms with Crippen LogP contribution in [0.4, 0.5) is 0 Å². The molecule has 3 aromatic rings. The van der Waals surface area contributed by atoms with Gasteiger partial charge in [-0.15, -0.1) is 0 Å². The molecular weight excluding hydrogens is 424 g/mol. The number of benzene rings is 1. The van der Waals surface area contributed by atoms with Gasteiger partial charge in [-0.25, -0.2) is 0 Å². The lowest BCUT2D eigenvalue weighted by molar-refractivity contribution is -0.173. The molecule has 4 heterocycles. The first-order chi connectivity index (χ1) is 15.7. The normalized spacial score (nSPS) is 23.7. The minimum Gasteiger partial charge on any atom is -0.361 e. The van der Waals surface area contributed by atoms with Crippen LogP contribution < -0.4 is 0 Å². The first kappa shape index (κ1) is 21.1. The first-order valence-electron chi connectivity index (χ1n) is 10.8. The minimum atomic E-state index is -0.935. The van der Waals surface area contributed by atoms with Gasteiger partial charge in [0.05, 0.1) is 6.61 Å². The molecule has 2 aliphatic heterocycles. The van der Waals surface area contributed by atoms with Crippen LogP contribution >= 0.6 is 11.6 Å². The molecule has 164 valence electrons. The van der Waals surface area contributed by atoms with Gasteiger partial charge in [0.2, 0.25) is 0 Å². The van der Waals surface area contributed by atoms with Crippen LogP contribution in [-0.2, 0) is 22.6 Å². The third-order valence-electron chi connectivity index (χ3n) is 6.39. The summed E-state index contributed by atoms with van der Waals surface area (Å²) in [5.41, 5.74) is 2.20. The second kappa shape index (κ2) is 8.98. The van der Waals surface area contributed by atoms with Gasteiger partial charge < -0.3 is 9.64 Å². The highest BCUT2D eigenvalue weighted by Crippen LogP contribution is 2.42. The maximum absolute atomic E-state index is 13.9. The highest BCUT2D eigenvalue weighted by molar-refractivity contribution is 6.31. The number of amides is 1. The Morgan fingerprint density at radius 1 is 1.03 bits per heavy atom. The van der Waals surface area contributed by atoms with Gasteiger partial charge in [-0.05, 0) is 41.0 Å². The Morgan fingerprint density at radius 3 is 2.66 bits per heavy atom. The Bertz CT molecular complexity index is 1080. The van der Waals surface area contributed by atoms with Gasteiger partial charge in [0.25, 0.3) is 5.91 Å². The molecule has 6 nitrogen and oxygen atoms in total. The molecule has 2 atom stereocenters. The fourth-order valence-electron chi connectivity index (χ4n) is 4.85. The fraction of sp³-hybridized carbons (Fsp3) is 0.320. The molecule has 0 saturated carbocycles. The number of hydrogen-bond acceptors (Lipinski definition) is 5. The van der Waals surface area contributed by atoms with E-state index in [-0.39, 0.29) is 11.8 Å². The van der Waals surface area contributed by atoms with Gasteiger partial charge in [-0.3, -0.25) is 19.7 Å². The molecule has 32 heavy (non-hydrogen) atoms. The van der Waals surface area contributed by atoms with Crippen LogP contribution in [0.2, 0.25) is 5.02 Å². The van der Waals surface area contributed by atoms with Crippen molar-refractivity contribution in [3.63, 3.8) is 0 Å². The summed E-state index contributed by atoms with van der Waals surface area (Å²) in [6.07, 6.45) is 7.13. The van der Waals surface area contributed by atoms with Gasteiger partial charge in [0, 0.05) is 68.5 Å². The number of morpholine rings is 1. The molecule has 2 aromatic heterocycles. The van der Waals surface area contributed by atoms with Crippen LogP contribution in [0.15, 0.2) is 73.3 Å². The van der Waals surface area contributed by atoms with E-state index in [1.807, 2.05) is 59.6 Å². The van der Waals surface area contributed by atoms with Crippen LogP contribution in [0.25, 0.3) is 0 Å². The summed E-state index contributed by atoms with van der Waals surface area (Å²) in [5.74, 6) is -0.0671. The summed E-state index contributed by atoms with van der Waals surface area (Å²) in [7, 11) is 0. The van der Waals surface area contributed by atoms with Crippen LogP contribution in [0, 0.1) is 0 Å². The predicted octanol–water partition coefficient (Wildman–Crippen LogP) is 3.53. The number of pyridine rings is 2. The van der Waals surface area contributed by atoms with E-state index >= 15 is 0 Å². The Labute approximate surface area is 192 Å². The van der Waals surface area contributed by atoms with Crippen molar-refractivity contribution in [3.8, 4) is 0 Å².